The third-order valence-electron chi connectivity index (χ3n) is 4.11. The zero-order valence-electron chi connectivity index (χ0n) is 16.2. The SMILES string of the molecule is C=Nc1cc(CC(C)(C)C)ccc1C(c1ccc(F)cc1C)=[N+](C)C. The highest BCUT2D eigenvalue weighted by Gasteiger charge is 2.22. The predicted octanol–water partition coefficient (Wildman–Crippen LogP) is 5.16. The molecule has 0 saturated carbocycles. The average Bonchev–Trinajstić information content (AvgIpc) is 2.49. The van der Waals surface area contributed by atoms with Gasteiger partial charge in [0.15, 0.2) is 0 Å². The fraction of sp³-hybridized carbons (Fsp3) is 0.364. The summed E-state index contributed by atoms with van der Waals surface area (Å²) in [6.07, 6.45) is 0.975. The van der Waals surface area contributed by atoms with Crippen LogP contribution >= 0.6 is 0 Å². The Bertz CT molecular complexity index is 822. The fourth-order valence-electron chi connectivity index (χ4n) is 3.15. The van der Waals surface area contributed by atoms with Crippen molar-refractivity contribution in [1.29, 1.82) is 0 Å². The fourth-order valence-corrected chi connectivity index (χ4v) is 3.15. The number of aryl methyl sites for hydroxylation is 1. The number of halogens is 1. The summed E-state index contributed by atoms with van der Waals surface area (Å²) in [7, 11) is 3.99. The molecule has 2 rings (SSSR count). The lowest BCUT2D eigenvalue weighted by atomic mass is 9.87. The Balaban J connectivity index is 2.60. The second kappa shape index (κ2) is 7.30. The van der Waals surface area contributed by atoms with Gasteiger partial charge < -0.3 is 0 Å². The first-order valence-corrected chi connectivity index (χ1v) is 8.53. The standard InChI is InChI=1S/C22H28FN2/c1-15-12-17(23)9-11-18(15)21(25(6)7)19-10-8-16(13-20(19)24-5)14-22(2,3)4/h8-13H,5,14H2,1-4,6-7H3/q+1. The molecule has 0 bridgehead atoms. The molecule has 0 unspecified atom stereocenters. The van der Waals surface area contributed by atoms with Crippen LogP contribution in [0.4, 0.5) is 10.1 Å². The maximum Gasteiger partial charge on any atom is 0.216 e. The Kier molecular flexibility index (Phi) is 5.56. The van der Waals surface area contributed by atoms with Crippen LogP contribution in [0.15, 0.2) is 41.4 Å². The number of hydrogen-bond acceptors (Lipinski definition) is 1. The second-order valence-electron chi connectivity index (χ2n) is 7.95. The van der Waals surface area contributed by atoms with Crippen molar-refractivity contribution in [2.45, 2.75) is 34.1 Å². The van der Waals surface area contributed by atoms with Gasteiger partial charge in [-0.2, -0.15) is 0 Å². The summed E-state index contributed by atoms with van der Waals surface area (Å²) in [5, 5.41) is 0. The molecule has 0 aromatic heterocycles. The van der Waals surface area contributed by atoms with Crippen molar-refractivity contribution in [2.75, 3.05) is 14.1 Å². The third kappa shape index (κ3) is 4.62. The van der Waals surface area contributed by atoms with Gasteiger partial charge in [0.1, 0.15) is 19.9 Å². The highest BCUT2D eigenvalue weighted by atomic mass is 19.1. The number of aliphatic imine (C=N–C) groups is 1. The summed E-state index contributed by atoms with van der Waals surface area (Å²) >= 11 is 0. The molecular formula is C22H28FN2+. The van der Waals surface area contributed by atoms with Gasteiger partial charge in [0.25, 0.3) is 0 Å². The van der Waals surface area contributed by atoms with Gasteiger partial charge in [-0.3, -0.25) is 4.99 Å². The first-order chi connectivity index (χ1) is 11.6. The number of hydrogen-bond donors (Lipinski definition) is 0. The molecule has 2 nitrogen and oxygen atoms in total. The van der Waals surface area contributed by atoms with Crippen molar-refractivity contribution >= 4 is 18.1 Å². The summed E-state index contributed by atoms with van der Waals surface area (Å²) in [5.74, 6) is -0.220. The molecule has 0 amide bonds. The van der Waals surface area contributed by atoms with Crippen LogP contribution in [0.3, 0.4) is 0 Å². The summed E-state index contributed by atoms with van der Waals surface area (Å²) in [5.41, 5.74) is 6.23. The summed E-state index contributed by atoms with van der Waals surface area (Å²) in [6, 6.07) is 11.3. The molecule has 0 atom stereocenters. The van der Waals surface area contributed by atoms with Crippen LogP contribution in [0, 0.1) is 18.2 Å². The van der Waals surface area contributed by atoms with Crippen molar-refractivity contribution in [3.8, 4) is 0 Å². The van der Waals surface area contributed by atoms with Crippen molar-refractivity contribution in [3.63, 3.8) is 0 Å². The molecule has 0 aliphatic rings. The maximum absolute atomic E-state index is 13.5. The second-order valence-corrected chi connectivity index (χ2v) is 7.95. The minimum absolute atomic E-state index is 0.210. The van der Waals surface area contributed by atoms with E-state index >= 15 is 0 Å². The van der Waals surface area contributed by atoms with Crippen LogP contribution in [0.5, 0.6) is 0 Å². The highest BCUT2D eigenvalue weighted by molar-refractivity contribution is 6.13. The third-order valence-corrected chi connectivity index (χ3v) is 4.11. The van der Waals surface area contributed by atoms with E-state index in [-0.39, 0.29) is 11.2 Å². The monoisotopic (exact) mass is 339 g/mol. The molecule has 0 N–H and O–H groups in total. The smallest absolute Gasteiger partial charge is 0.216 e. The van der Waals surface area contributed by atoms with E-state index in [1.54, 1.807) is 6.07 Å². The summed E-state index contributed by atoms with van der Waals surface area (Å²) in [6.45, 7) is 12.4. The molecule has 0 radical (unpaired) electrons. The lowest BCUT2D eigenvalue weighted by molar-refractivity contribution is -0.463. The predicted molar refractivity (Wildman–Crippen MR) is 105 cm³/mol. The van der Waals surface area contributed by atoms with Crippen molar-refractivity contribution < 1.29 is 8.97 Å². The van der Waals surface area contributed by atoms with E-state index < -0.39 is 0 Å². The summed E-state index contributed by atoms with van der Waals surface area (Å²) < 4.78 is 15.6. The number of rotatable bonds is 4. The maximum atomic E-state index is 13.5. The van der Waals surface area contributed by atoms with E-state index in [9.17, 15) is 4.39 Å². The van der Waals surface area contributed by atoms with Crippen molar-refractivity contribution in [3.05, 3.63) is 64.5 Å². The number of benzene rings is 2. The Morgan fingerprint density at radius 2 is 1.72 bits per heavy atom. The number of nitrogens with zero attached hydrogens (tertiary/aromatic N) is 2. The van der Waals surface area contributed by atoms with Crippen LogP contribution in [0.2, 0.25) is 0 Å². The molecule has 0 aliphatic carbocycles. The normalized spacial score (nSPS) is 11.3. The lowest BCUT2D eigenvalue weighted by Crippen LogP contribution is -2.18. The van der Waals surface area contributed by atoms with E-state index in [4.69, 9.17) is 0 Å². The van der Waals surface area contributed by atoms with Gasteiger partial charge in [-0.1, -0.05) is 26.8 Å². The van der Waals surface area contributed by atoms with Gasteiger partial charge in [0, 0.05) is 5.56 Å². The molecule has 132 valence electrons. The molecule has 0 fully saturated rings. The molecule has 0 saturated heterocycles. The van der Waals surface area contributed by atoms with Gasteiger partial charge in [0.05, 0.1) is 11.3 Å². The lowest BCUT2D eigenvalue weighted by Gasteiger charge is -2.19. The molecule has 0 heterocycles. The molecule has 2 aromatic carbocycles. The topological polar surface area (TPSA) is 15.4 Å². The molecule has 0 spiro atoms. The first kappa shape index (κ1) is 19.0. The van der Waals surface area contributed by atoms with Gasteiger partial charge >= 0.3 is 0 Å². The van der Waals surface area contributed by atoms with E-state index in [1.807, 2.05) is 31.7 Å². The van der Waals surface area contributed by atoms with Gasteiger partial charge in [-0.25, -0.2) is 8.97 Å². The molecule has 0 aliphatic heterocycles. The minimum atomic E-state index is -0.220. The molecule has 2 aromatic rings. The summed E-state index contributed by atoms with van der Waals surface area (Å²) in [4.78, 5) is 4.27. The van der Waals surface area contributed by atoms with Crippen LogP contribution < -0.4 is 0 Å². The van der Waals surface area contributed by atoms with E-state index in [1.165, 1.54) is 11.6 Å². The Morgan fingerprint density at radius 3 is 2.24 bits per heavy atom. The van der Waals surface area contributed by atoms with Crippen molar-refractivity contribution in [2.24, 2.45) is 10.4 Å². The average molecular weight is 339 g/mol. The quantitative estimate of drug-likeness (QED) is 0.540. The van der Waals surface area contributed by atoms with Crippen LogP contribution in [0.1, 0.15) is 43.0 Å². The molecule has 25 heavy (non-hydrogen) atoms. The van der Waals surface area contributed by atoms with Crippen LogP contribution in [0.25, 0.3) is 0 Å². The van der Waals surface area contributed by atoms with Gasteiger partial charge in [-0.15, -0.1) is 0 Å². The van der Waals surface area contributed by atoms with Crippen LogP contribution in [-0.4, -0.2) is 31.1 Å². The van der Waals surface area contributed by atoms with E-state index in [0.717, 1.165) is 34.5 Å². The minimum Gasteiger partial charge on any atom is -0.264 e. The zero-order chi connectivity index (χ0) is 18.8. The van der Waals surface area contributed by atoms with Crippen LogP contribution in [-0.2, 0) is 6.42 Å². The molecular weight excluding hydrogens is 311 g/mol. The Hall–Kier alpha value is -2.29. The van der Waals surface area contributed by atoms with Gasteiger partial charge in [-0.05, 0) is 66.9 Å². The Labute approximate surface area is 150 Å². The zero-order valence-corrected chi connectivity index (χ0v) is 16.2. The first-order valence-electron chi connectivity index (χ1n) is 8.53. The van der Waals surface area contributed by atoms with E-state index in [2.05, 4.69) is 50.7 Å². The van der Waals surface area contributed by atoms with Crippen molar-refractivity contribution in [1.82, 2.24) is 0 Å². The molecule has 3 heteroatoms. The largest absolute Gasteiger partial charge is 0.264 e. The highest BCUT2D eigenvalue weighted by Crippen LogP contribution is 2.28. The van der Waals surface area contributed by atoms with Gasteiger partial charge in [0.2, 0.25) is 5.71 Å². The Morgan fingerprint density at radius 1 is 1.08 bits per heavy atom. The van der Waals surface area contributed by atoms with E-state index in [0.29, 0.717) is 0 Å².